The summed E-state index contributed by atoms with van der Waals surface area (Å²) in [4.78, 5) is 0. The van der Waals surface area contributed by atoms with E-state index < -0.39 is 0 Å². The maximum atomic E-state index is 10.3. The van der Waals surface area contributed by atoms with Crippen LogP contribution in [0.1, 0.15) is 70.6 Å². The van der Waals surface area contributed by atoms with Gasteiger partial charge in [0, 0.05) is 0 Å². The van der Waals surface area contributed by atoms with Gasteiger partial charge in [-0.25, -0.2) is 0 Å². The lowest BCUT2D eigenvalue weighted by Crippen LogP contribution is -2.33. The number of fused-ring (bicyclic) bond motifs is 1. The van der Waals surface area contributed by atoms with Crippen LogP contribution in [0.3, 0.4) is 0 Å². The summed E-state index contributed by atoms with van der Waals surface area (Å²) < 4.78 is 0. The highest BCUT2D eigenvalue weighted by Gasteiger charge is 2.35. The molecule has 0 saturated heterocycles. The summed E-state index contributed by atoms with van der Waals surface area (Å²) in [6, 6.07) is 0. The first kappa shape index (κ1) is 12.0. The minimum Gasteiger partial charge on any atom is -0.393 e. The molecule has 1 N–H and O–H groups in total. The predicted molar refractivity (Wildman–Crippen MR) is 70.8 cm³/mol. The normalized spacial score (nSPS) is 39.7. The van der Waals surface area contributed by atoms with Crippen LogP contribution in [-0.2, 0) is 0 Å². The van der Waals surface area contributed by atoms with Crippen molar-refractivity contribution in [1.29, 1.82) is 0 Å². The van der Waals surface area contributed by atoms with Gasteiger partial charge in [0.15, 0.2) is 0 Å². The Balaban J connectivity index is 1.46. The van der Waals surface area contributed by atoms with Crippen LogP contribution in [0, 0.1) is 23.7 Å². The summed E-state index contributed by atoms with van der Waals surface area (Å²) in [5.74, 6) is 3.62. The molecule has 0 bridgehead atoms. The first-order valence-electron chi connectivity index (χ1n) is 8.01. The molecule has 3 fully saturated rings. The topological polar surface area (TPSA) is 20.2 Å². The largest absolute Gasteiger partial charge is 0.393 e. The molecule has 0 radical (unpaired) electrons. The summed E-state index contributed by atoms with van der Waals surface area (Å²) in [7, 11) is 0. The molecule has 4 unspecified atom stereocenters. The molecular formula is C16H28O. The Morgan fingerprint density at radius 2 is 1.65 bits per heavy atom. The lowest BCUT2D eigenvalue weighted by molar-refractivity contribution is 0.0293. The van der Waals surface area contributed by atoms with E-state index in [4.69, 9.17) is 0 Å². The molecule has 1 nitrogen and oxygen atoms in total. The Bertz CT molecular complexity index is 246. The standard InChI is InChI=1S/C16H28O/c17-16(10-7-12-5-6-12)15-9-8-13-3-1-2-4-14(13)11-15/h12-17H,1-11H2. The van der Waals surface area contributed by atoms with Crippen LogP contribution in [0.15, 0.2) is 0 Å². The van der Waals surface area contributed by atoms with Crippen LogP contribution < -0.4 is 0 Å². The second kappa shape index (κ2) is 5.30. The first-order valence-corrected chi connectivity index (χ1v) is 8.01. The zero-order chi connectivity index (χ0) is 11.7. The monoisotopic (exact) mass is 236 g/mol. The quantitative estimate of drug-likeness (QED) is 0.777. The molecule has 4 atom stereocenters. The van der Waals surface area contributed by atoms with Crippen LogP contribution in [-0.4, -0.2) is 11.2 Å². The minimum absolute atomic E-state index is 0.0264. The predicted octanol–water partition coefficient (Wildman–Crippen LogP) is 4.14. The Hall–Kier alpha value is -0.0400. The van der Waals surface area contributed by atoms with E-state index in [-0.39, 0.29) is 6.10 Å². The van der Waals surface area contributed by atoms with E-state index in [1.807, 2.05) is 0 Å². The number of hydrogen-bond acceptors (Lipinski definition) is 1. The van der Waals surface area contributed by atoms with Crippen molar-refractivity contribution in [2.24, 2.45) is 23.7 Å². The van der Waals surface area contributed by atoms with Gasteiger partial charge >= 0.3 is 0 Å². The molecule has 17 heavy (non-hydrogen) atoms. The molecule has 98 valence electrons. The van der Waals surface area contributed by atoms with E-state index in [1.165, 1.54) is 64.2 Å². The van der Waals surface area contributed by atoms with Crippen molar-refractivity contribution in [1.82, 2.24) is 0 Å². The smallest absolute Gasteiger partial charge is 0.0568 e. The molecule has 0 spiro atoms. The van der Waals surface area contributed by atoms with Crippen molar-refractivity contribution in [3.05, 3.63) is 0 Å². The van der Waals surface area contributed by atoms with Crippen molar-refractivity contribution < 1.29 is 5.11 Å². The summed E-state index contributed by atoms with van der Waals surface area (Å²) in [6.07, 6.45) is 15.2. The molecule has 3 saturated carbocycles. The van der Waals surface area contributed by atoms with Gasteiger partial charge in [-0.15, -0.1) is 0 Å². The van der Waals surface area contributed by atoms with Gasteiger partial charge < -0.3 is 5.11 Å². The highest BCUT2D eigenvalue weighted by Crippen LogP contribution is 2.44. The Morgan fingerprint density at radius 1 is 0.882 bits per heavy atom. The second-order valence-corrected chi connectivity index (χ2v) is 6.97. The molecular weight excluding hydrogens is 208 g/mol. The van der Waals surface area contributed by atoms with E-state index in [2.05, 4.69) is 0 Å². The van der Waals surface area contributed by atoms with Crippen molar-refractivity contribution in [3.8, 4) is 0 Å². The van der Waals surface area contributed by atoms with E-state index in [9.17, 15) is 5.11 Å². The van der Waals surface area contributed by atoms with Crippen molar-refractivity contribution >= 4 is 0 Å². The summed E-state index contributed by atoms with van der Waals surface area (Å²) in [5, 5.41) is 10.3. The number of rotatable bonds is 4. The highest BCUT2D eigenvalue weighted by molar-refractivity contribution is 4.86. The molecule has 3 rings (SSSR count). The van der Waals surface area contributed by atoms with Gasteiger partial charge in [0.2, 0.25) is 0 Å². The van der Waals surface area contributed by atoms with Crippen molar-refractivity contribution in [3.63, 3.8) is 0 Å². The van der Waals surface area contributed by atoms with Gasteiger partial charge in [0.05, 0.1) is 6.10 Å². The van der Waals surface area contributed by atoms with Gasteiger partial charge in [-0.05, 0) is 55.8 Å². The lowest BCUT2D eigenvalue weighted by atomic mass is 9.66. The summed E-state index contributed by atoms with van der Waals surface area (Å²) in [5.41, 5.74) is 0. The number of aliphatic hydroxyl groups excluding tert-OH is 1. The average Bonchev–Trinajstić information content (AvgIpc) is 3.19. The van der Waals surface area contributed by atoms with Gasteiger partial charge in [0.25, 0.3) is 0 Å². The summed E-state index contributed by atoms with van der Waals surface area (Å²) in [6.45, 7) is 0. The van der Waals surface area contributed by atoms with E-state index >= 15 is 0 Å². The first-order chi connectivity index (χ1) is 8.33. The van der Waals surface area contributed by atoms with Crippen LogP contribution in [0.25, 0.3) is 0 Å². The third-order valence-corrected chi connectivity index (χ3v) is 5.69. The number of aliphatic hydroxyl groups is 1. The van der Waals surface area contributed by atoms with Crippen LogP contribution in [0.4, 0.5) is 0 Å². The molecule has 3 aliphatic carbocycles. The van der Waals surface area contributed by atoms with Gasteiger partial charge in [-0.2, -0.15) is 0 Å². The fourth-order valence-corrected chi connectivity index (χ4v) is 4.31. The maximum Gasteiger partial charge on any atom is 0.0568 e. The fraction of sp³-hybridized carbons (Fsp3) is 1.00. The maximum absolute atomic E-state index is 10.3. The van der Waals surface area contributed by atoms with Gasteiger partial charge in [0.1, 0.15) is 0 Å². The van der Waals surface area contributed by atoms with Crippen LogP contribution >= 0.6 is 0 Å². The molecule has 0 heterocycles. The van der Waals surface area contributed by atoms with Crippen molar-refractivity contribution in [2.75, 3.05) is 0 Å². The van der Waals surface area contributed by atoms with Gasteiger partial charge in [-0.3, -0.25) is 0 Å². The van der Waals surface area contributed by atoms with Gasteiger partial charge in [-0.1, -0.05) is 38.5 Å². The molecule has 0 amide bonds. The Morgan fingerprint density at radius 3 is 2.41 bits per heavy atom. The third-order valence-electron chi connectivity index (χ3n) is 5.69. The van der Waals surface area contributed by atoms with E-state index in [0.717, 1.165) is 24.2 Å². The fourth-order valence-electron chi connectivity index (χ4n) is 4.31. The average molecular weight is 236 g/mol. The second-order valence-electron chi connectivity index (χ2n) is 6.97. The molecule has 0 aromatic carbocycles. The van der Waals surface area contributed by atoms with E-state index in [0.29, 0.717) is 5.92 Å². The number of hydrogen-bond donors (Lipinski definition) is 1. The zero-order valence-corrected chi connectivity index (χ0v) is 11.1. The molecule has 0 aliphatic heterocycles. The third kappa shape index (κ3) is 3.05. The zero-order valence-electron chi connectivity index (χ0n) is 11.1. The molecule has 3 aliphatic rings. The SMILES string of the molecule is OC(CCC1CC1)C1CCC2CCCCC2C1. The van der Waals surface area contributed by atoms with Crippen LogP contribution in [0.5, 0.6) is 0 Å². The minimum atomic E-state index is 0.0264. The molecule has 0 aromatic rings. The summed E-state index contributed by atoms with van der Waals surface area (Å²) >= 11 is 0. The molecule has 0 aromatic heterocycles. The lowest BCUT2D eigenvalue weighted by Gasteiger charge is -2.40. The highest BCUT2D eigenvalue weighted by atomic mass is 16.3. The van der Waals surface area contributed by atoms with E-state index in [1.54, 1.807) is 0 Å². The van der Waals surface area contributed by atoms with Crippen molar-refractivity contribution in [2.45, 2.75) is 76.7 Å². The Kier molecular flexibility index (Phi) is 3.75. The van der Waals surface area contributed by atoms with Crippen LogP contribution in [0.2, 0.25) is 0 Å². The molecule has 1 heteroatoms. The Labute approximate surface area is 106 Å².